The number of pyridine rings is 1. The zero-order chi connectivity index (χ0) is 13.3. The summed E-state index contributed by atoms with van der Waals surface area (Å²) in [5, 5.41) is 5.97. The number of aromatic amines is 1. The number of alkyl halides is 3. The predicted molar refractivity (Wildman–Crippen MR) is 56.3 cm³/mol. The third-order valence-corrected chi connectivity index (χ3v) is 2.29. The van der Waals surface area contributed by atoms with E-state index in [9.17, 15) is 18.0 Å². The maximum absolute atomic E-state index is 12.4. The lowest BCUT2D eigenvalue weighted by atomic mass is 10.2. The Morgan fingerprint density at radius 2 is 2.17 bits per heavy atom. The fourth-order valence-electron chi connectivity index (χ4n) is 1.33. The summed E-state index contributed by atoms with van der Waals surface area (Å²) in [6.45, 7) is 0.843. The summed E-state index contributed by atoms with van der Waals surface area (Å²) in [6.07, 6.45) is -4.02. The van der Waals surface area contributed by atoms with Crippen molar-refractivity contribution in [2.75, 3.05) is 0 Å². The number of rotatable bonds is 2. The van der Waals surface area contributed by atoms with Gasteiger partial charge in [-0.1, -0.05) is 0 Å². The van der Waals surface area contributed by atoms with Gasteiger partial charge in [0.15, 0.2) is 6.10 Å². The normalized spacial score (nSPS) is 13.6. The summed E-state index contributed by atoms with van der Waals surface area (Å²) >= 11 is 0. The van der Waals surface area contributed by atoms with Crippen LogP contribution in [-0.4, -0.2) is 27.5 Å². The molecule has 2 rings (SSSR count). The Morgan fingerprint density at radius 1 is 1.44 bits per heavy atom. The molecule has 2 aromatic rings. The molecule has 5 nitrogen and oxygen atoms in total. The van der Waals surface area contributed by atoms with Gasteiger partial charge in [0, 0.05) is 11.6 Å². The van der Waals surface area contributed by atoms with E-state index in [1.807, 2.05) is 0 Å². The Kier molecular flexibility index (Phi) is 2.93. The number of hydrogen-bond donors (Lipinski definition) is 1. The van der Waals surface area contributed by atoms with Crippen LogP contribution in [0.25, 0.3) is 10.8 Å². The van der Waals surface area contributed by atoms with Gasteiger partial charge in [-0.25, -0.2) is 10.1 Å². The van der Waals surface area contributed by atoms with E-state index in [4.69, 9.17) is 0 Å². The molecular formula is C10H8F3N3O2. The topological polar surface area (TPSA) is 67.9 Å². The molecule has 1 N–H and O–H groups in total. The maximum Gasteiger partial charge on any atom is 0.425 e. The monoisotopic (exact) mass is 259 g/mol. The Bertz CT molecular complexity index is 618. The Morgan fingerprint density at radius 3 is 2.83 bits per heavy atom. The van der Waals surface area contributed by atoms with E-state index in [2.05, 4.69) is 19.9 Å². The Hall–Kier alpha value is -2.12. The quantitative estimate of drug-likeness (QED) is 0.890. The second-order valence-electron chi connectivity index (χ2n) is 3.58. The van der Waals surface area contributed by atoms with E-state index in [0.717, 1.165) is 6.92 Å². The number of ether oxygens (including phenoxy) is 1. The van der Waals surface area contributed by atoms with Crippen LogP contribution < -0.4 is 10.3 Å². The molecule has 0 bridgehead atoms. The fraction of sp³-hybridized carbons (Fsp3) is 0.300. The minimum absolute atomic E-state index is 0.0522. The number of fused-ring (bicyclic) bond motifs is 1. The van der Waals surface area contributed by atoms with Crippen molar-refractivity contribution in [1.82, 2.24) is 15.2 Å². The molecule has 2 aromatic heterocycles. The molecule has 2 heterocycles. The molecule has 0 fully saturated rings. The second kappa shape index (κ2) is 4.28. The molecule has 18 heavy (non-hydrogen) atoms. The van der Waals surface area contributed by atoms with Gasteiger partial charge in [-0.2, -0.15) is 18.3 Å². The minimum atomic E-state index is -4.52. The first-order valence-electron chi connectivity index (χ1n) is 4.95. The summed E-state index contributed by atoms with van der Waals surface area (Å²) in [4.78, 5) is 15.2. The van der Waals surface area contributed by atoms with Gasteiger partial charge in [0.25, 0.3) is 5.56 Å². The number of aromatic nitrogens is 3. The summed E-state index contributed by atoms with van der Waals surface area (Å²) in [6, 6.07) is 1.46. The summed E-state index contributed by atoms with van der Waals surface area (Å²) < 4.78 is 41.8. The summed E-state index contributed by atoms with van der Waals surface area (Å²) in [5.41, 5.74) is -0.648. The molecule has 1 unspecified atom stereocenters. The highest BCUT2D eigenvalue weighted by molar-refractivity contribution is 5.84. The van der Waals surface area contributed by atoms with Crippen molar-refractivity contribution < 1.29 is 17.9 Å². The molecule has 1 atom stereocenters. The number of halogens is 3. The standard InChI is InChI=1S/C10H8F3N3O2/c1-5(10(11,12)13)18-9-7-6(2-3-14-9)4-15-16-8(7)17/h2-5H,1H3,(H,16,17). The van der Waals surface area contributed by atoms with Crippen molar-refractivity contribution in [1.29, 1.82) is 0 Å². The van der Waals surface area contributed by atoms with Crippen LogP contribution in [0, 0.1) is 0 Å². The van der Waals surface area contributed by atoms with Crippen molar-refractivity contribution in [2.24, 2.45) is 0 Å². The van der Waals surface area contributed by atoms with Gasteiger partial charge in [-0.3, -0.25) is 4.79 Å². The van der Waals surface area contributed by atoms with E-state index < -0.39 is 17.8 Å². The number of nitrogens with zero attached hydrogens (tertiary/aromatic N) is 2. The first-order valence-corrected chi connectivity index (χ1v) is 4.95. The number of H-pyrrole nitrogens is 1. The molecule has 0 saturated heterocycles. The molecule has 0 spiro atoms. The maximum atomic E-state index is 12.4. The van der Waals surface area contributed by atoms with Crippen LogP contribution in [0.3, 0.4) is 0 Å². The van der Waals surface area contributed by atoms with E-state index in [-0.39, 0.29) is 11.3 Å². The van der Waals surface area contributed by atoms with Gasteiger partial charge in [-0.15, -0.1) is 0 Å². The van der Waals surface area contributed by atoms with Gasteiger partial charge in [0.05, 0.1) is 6.20 Å². The first-order chi connectivity index (χ1) is 8.39. The number of hydrogen-bond acceptors (Lipinski definition) is 4. The lowest BCUT2D eigenvalue weighted by Gasteiger charge is -2.17. The van der Waals surface area contributed by atoms with Crippen LogP contribution in [0.15, 0.2) is 23.3 Å². The highest BCUT2D eigenvalue weighted by atomic mass is 19.4. The Balaban J connectivity index is 2.49. The third-order valence-electron chi connectivity index (χ3n) is 2.29. The van der Waals surface area contributed by atoms with Gasteiger partial charge < -0.3 is 4.74 Å². The summed E-state index contributed by atoms with van der Waals surface area (Å²) in [7, 11) is 0. The van der Waals surface area contributed by atoms with E-state index >= 15 is 0 Å². The van der Waals surface area contributed by atoms with Gasteiger partial charge >= 0.3 is 6.18 Å². The Labute approximate surface area is 98.6 Å². The molecule has 0 saturated carbocycles. The molecule has 8 heteroatoms. The van der Waals surface area contributed by atoms with E-state index in [1.54, 1.807) is 0 Å². The minimum Gasteiger partial charge on any atom is -0.464 e. The van der Waals surface area contributed by atoms with Crippen molar-refractivity contribution in [3.05, 3.63) is 28.8 Å². The predicted octanol–water partition coefficient (Wildman–Crippen LogP) is 1.65. The van der Waals surface area contributed by atoms with Crippen LogP contribution in [0.1, 0.15) is 6.92 Å². The van der Waals surface area contributed by atoms with Crippen molar-refractivity contribution in [3.8, 4) is 5.88 Å². The molecule has 0 aliphatic rings. The summed E-state index contributed by atoms with van der Waals surface area (Å²) in [5.74, 6) is -0.360. The lowest BCUT2D eigenvalue weighted by molar-refractivity contribution is -0.189. The fourth-order valence-corrected chi connectivity index (χ4v) is 1.33. The molecule has 0 radical (unpaired) electrons. The SMILES string of the molecule is CC(Oc1nccc2cn[nH]c(=O)c12)C(F)(F)F. The third kappa shape index (κ3) is 2.27. The molecule has 0 aromatic carbocycles. The average molecular weight is 259 g/mol. The molecule has 0 aliphatic heterocycles. The van der Waals surface area contributed by atoms with Crippen LogP contribution >= 0.6 is 0 Å². The van der Waals surface area contributed by atoms with Crippen LogP contribution in [0.5, 0.6) is 5.88 Å². The molecular weight excluding hydrogens is 251 g/mol. The van der Waals surface area contributed by atoms with Gasteiger partial charge in [0.2, 0.25) is 5.88 Å². The van der Waals surface area contributed by atoms with Crippen LogP contribution in [0.4, 0.5) is 13.2 Å². The molecule has 96 valence electrons. The highest BCUT2D eigenvalue weighted by Gasteiger charge is 2.38. The number of nitrogens with one attached hydrogen (secondary N) is 1. The lowest BCUT2D eigenvalue weighted by Crippen LogP contribution is -2.31. The van der Waals surface area contributed by atoms with Crippen molar-refractivity contribution >= 4 is 10.8 Å². The van der Waals surface area contributed by atoms with Gasteiger partial charge in [0.1, 0.15) is 5.39 Å². The molecule has 0 amide bonds. The van der Waals surface area contributed by atoms with Crippen molar-refractivity contribution in [2.45, 2.75) is 19.2 Å². The zero-order valence-corrected chi connectivity index (χ0v) is 9.15. The van der Waals surface area contributed by atoms with Gasteiger partial charge in [-0.05, 0) is 13.0 Å². The largest absolute Gasteiger partial charge is 0.464 e. The van der Waals surface area contributed by atoms with Crippen LogP contribution in [0.2, 0.25) is 0 Å². The first kappa shape index (κ1) is 12.3. The zero-order valence-electron chi connectivity index (χ0n) is 9.15. The molecule has 0 aliphatic carbocycles. The van der Waals surface area contributed by atoms with Crippen molar-refractivity contribution in [3.63, 3.8) is 0 Å². The second-order valence-corrected chi connectivity index (χ2v) is 3.58. The highest BCUT2D eigenvalue weighted by Crippen LogP contribution is 2.26. The van der Waals surface area contributed by atoms with Crippen LogP contribution in [-0.2, 0) is 0 Å². The van der Waals surface area contributed by atoms with E-state index in [1.165, 1.54) is 18.5 Å². The van der Waals surface area contributed by atoms with E-state index in [0.29, 0.717) is 5.39 Å². The smallest absolute Gasteiger partial charge is 0.425 e. The average Bonchev–Trinajstić information content (AvgIpc) is 2.28.